The number of carbonyl (C=O) groups excluding carboxylic acids is 2. The minimum absolute atomic E-state index is 0.112. The number of carbonyl (C=O) groups is 3. The first-order chi connectivity index (χ1) is 22.4. The molecule has 0 saturated heterocycles. The number of methoxy groups -OCH3 is 1. The second-order valence-electron chi connectivity index (χ2n) is 11.8. The first kappa shape index (κ1) is 27.7. The molecule has 0 radical (unpaired) electrons. The number of benzene rings is 4. The number of ether oxygens (including phenoxy) is 1. The van der Waals surface area contributed by atoms with Crippen molar-refractivity contribution >= 4 is 61.5 Å². The molecule has 4 aromatic carbocycles. The fourth-order valence-electron chi connectivity index (χ4n) is 7.52. The van der Waals surface area contributed by atoms with Crippen molar-refractivity contribution in [2.24, 2.45) is 0 Å². The fourth-order valence-corrected chi connectivity index (χ4v) is 7.52. The third-order valence-corrected chi connectivity index (χ3v) is 9.45. The van der Waals surface area contributed by atoms with Gasteiger partial charge in [0.15, 0.2) is 0 Å². The van der Waals surface area contributed by atoms with Gasteiger partial charge >= 0.3 is 6.09 Å². The van der Waals surface area contributed by atoms with Crippen molar-refractivity contribution in [2.75, 3.05) is 7.11 Å². The Hall–Kier alpha value is -5.83. The second-order valence-corrected chi connectivity index (χ2v) is 11.8. The third kappa shape index (κ3) is 3.91. The molecule has 0 saturated carbocycles. The third-order valence-electron chi connectivity index (χ3n) is 9.45. The van der Waals surface area contributed by atoms with Gasteiger partial charge in [-0.15, -0.1) is 0 Å². The predicted molar refractivity (Wildman–Crippen MR) is 178 cm³/mol. The summed E-state index contributed by atoms with van der Waals surface area (Å²) in [5.41, 5.74) is 5.57. The first-order valence-corrected chi connectivity index (χ1v) is 15.2. The van der Waals surface area contributed by atoms with E-state index >= 15 is 0 Å². The number of nitrogens with zero attached hydrogens (tertiary/aromatic N) is 2. The molecule has 2 unspecified atom stereocenters. The average Bonchev–Trinajstić information content (AvgIpc) is 3.69. The van der Waals surface area contributed by atoms with Crippen LogP contribution in [0, 0.1) is 0 Å². The van der Waals surface area contributed by atoms with E-state index in [0.717, 1.165) is 50.4 Å². The molecule has 2 aromatic heterocycles. The summed E-state index contributed by atoms with van der Waals surface area (Å²) in [7, 11) is 1.59. The quantitative estimate of drug-likeness (QED) is 0.171. The van der Waals surface area contributed by atoms with Crippen LogP contribution in [0.25, 0.3) is 43.6 Å². The number of aromatic nitrogens is 2. The predicted octanol–water partition coefficient (Wildman–Crippen LogP) is 7.32. The molecule has 2 aliphatic rings. The van der Waals surface area contributed by atoms with E-state index in [1.54, 1.807) is 13.2 Å². The van der Waals surface area contributed by atoms with Crippen LogP contribution in [0.15, 0.2) is 97.1 Å². The molecule has 3 heterocycles. The summed E-state index contributed by atoms with van der Waals surface area (Å²) in [6.07, 6.45) is 3.98. The van der Waals surface area contributed by atoms with Gasteiger partial charge in [-0.05, 0) is 48.2 Å². The summed E-state index contributed by atoms with van der Waals surface area (Å²) in [5, 5.41) is 15.7. The number of amides is 3. The number of hydrogen-bond acceptors (Lipinski definition) is 4. The number of rotatable bonds is 6. The van der Waals surface area contributed by atoms with E-state index < -0.39 is 12.1 Å². The van der Waals surface area contributed by atoms with Gasteiger partial charge in [-0.3, -0.25) is 14.5 Å². The Balaban J connectivity index is 1.46. The highest BCUT2D eigenvalue weighted by molar-refractivity contribution is 6.39. The summed E-state index contributed by atoms with van der Waals surface area (Å²) in [6.45, 7) is 4.08. The molecular weight excluding hydrogens is 580 g/mol. The van der Waals surface area contributed by atoms with Crippen LogP contribution in [-0.2, 0) is 6.54 Å². The zero-order chi connectivity index (χ0) is 31.7. The molecule has 0 bridgehead atoms. The van der Waals surface area contributed by atoms with Crippen molar-refractivity contribution in [2.45, 2.75) is 31.5 Å². The van der Waals surface area contributed by atoms with Crippen LogP contribution in [0.1, 0.15) is 45.2 Å². The lowest BCUT2D eigenvalue weighted by Crippen LogP contribution is -2.43. The zero-order valence-corrected chi connectivity index (χ0v) is 25.0. The van der Waals surface area contributed by atoms with Gasteiger partial charge in [0.05, 0.1) is 47.9 Å². The monoisotopic (exact) mass is 610 g/mol. The first-order valence-electron chi connectivity index (χ1n) is 15.2. The standard InChI is InChI=1S/C37H30N4O5/c1-3-21-9-8-14-27(32(21)39-37(44)45)41-26-13-7-5-11-24(26)29-31-30(28-23-10-4-6-12-25(23)38-33(28)34(29)41)35(42)40(36(31)43)19-20-15-17-22(46-2)18-16-20/h3-7,9-13,15-18,27,32,38-39H,1,8,14,19H2,2H3,(H,44,45). The van der Waals surface area contributed by atoms with Gasteiger partial charge in [-0.25, -0.2) is 4.79 Å². The van der Waals surface area contributed by atoms with Gasteiger partial charge in [-0.2, -0.15) is 0 Å². The van der Waals surface area contributed by atoms with E-state index in [1.165, 1.54) is 4.90 Å². The molecular formula is C37H30N4O5. The second kappa shape index (κ2) is 10.4. The van der Waals surface area contributed by atoms with Gasteiger partial charge < -0.3 is 24.7 Å². The maximum absolute atomic E-state index is 14.5. The molecule has 9 heteroatoms. The van der Waals surface area contributed by atoms with Crippen molar-refractivity contribution < 1.29 is 24.2 Å². The average molecular weight is 611 g/mol. The van der Waals surface area contributed by atoms with Crippen molar-refractivity contribution in [3.05, 3.63) is 114 Å². The number of H-pyrrole nitrogens is 1. The van der Waals surface area contributed by atoms with Gasteiger partial charge in [-0.1, -0.05) is 67.3 Å². The Bertz CT molecular complexity index is 2310. The molecule has 228 valence electrons. The van der Waals surface area contributed by atoms with E-state index in [1.807, 2.05) is 78.9 Å². The molecule has 1 aliphatic heterocycles. The SMILES string of the molecule is C=CC1=CCCC(n2c3ccccc3c3c4c(c5c6ccccc6[nH]c5c32)C(=O)N(Cc2ccc(OC)cc2)C4=O)C1NC(=O)O. The van der Waals surface area contributed by atoms with Crippen molar-refractivity contribution in [1.82, 2.24) is 19.8 Å². The van der Waals surface area contributed by atoms with Gasteiger partial charge in [0.1, 0.15) is 5.75 Å². The van der Waals surface area contributed by atoms with E-state index in [4.69, 9.17) is 4.74 Å². The lowest BCUT2D eigenvalue weighted by Gasteiger charge is -2.34. The fraction of sp³-hybridized carbons (Fsp3) is 0.162. The maximum atomic E-state index is 14.5. The highest BCUT2D eigenvalue weighted by atomic mass is 16.5. The zero-order valence-electron chi connectivity index (χ0n) is 25.0. The summed E-state index contributed by atoms with van der Waals surface area (Å²) < 4.78 is 7.47. The van der Waals surface area contributed by atoms with Crippen LogP contribution >= 0.6 is 0 Å². The lowest BCUT2D eigenvalue weighted by atomic mass is 9.88. The molecule has 9 nitrogen and oxygen atoms in total. The largest absolute Gasteiger partial charge is 0.497 e. The van der Waals surface area contributed by atoms with Crippen LogP contribution in [-0.4, -0.2) is 50.6 Å². The molecule has 3 N–H and O–H groups in total. The van der Waals surface area contributed by atoms with E-state index in [0.29, 0.717) is 34.1 Å². The molecule has 6 aromatic rings. The Morgan fingerprint density at radius 3 is 2.41 bits per heavy atom. The number of para-hydroxylation sites is 2. The Kier molecular flexibility index (Phi) is 6.25. The minimum Gasteiger partial charge on any atom is -0.497 e. The maximum Gasteiger partial charge on any atom is 0.405 e. The summed E-state index contributed by atoms with van der Waals surface area (Å²) in [4.78, 5) is 45.9. The number of fused-ring (bicyclic) bond motifs is 10. The number of imide groups is 1. The Morgan fingerprint density at radius 1 is 1.00 bits per heavy atom. The van der Waals surface area contributed by atoms with Gasteiger partial charge in [0.2, 0.25) is 0 Å². The van der Waals surface area contributed by atoms with Crippen LogP contribution in [0.4, 0.5) is 4.79 Å². The van der Waals surface area contributed by atoms with Gasteiger partial charge in [0.25, 0.3) is 11.8 Å². The normalized spacial score (nSPS) is 18.0. The van der Waals surface area contributed by atoms with Crippen molar-refractivity contribution in [3.8, 4) is 5.75 Å². The molecule has 0 fully saturated rings. The summed E-state index contributed by atoms with van der Waals surface area (Å²) in [6, 6.07) is 22.1. The Labute approximate surface area is 263 Å². The number of hydrogen-bond donors (Lipinski definition) is 3. The number of aromatic amines is 1. The van der Waals surface area contributed by atoms with E-state index in [9.17, 15) is 19.5 Å². The van der Waals surface area contributed by atoms with E-state index in [-0.39, 0.29) is 24.4 Å². The van der Waals surface area contributed by atoms with Gasteiger partial charge in [0, 0.05) is 32.6 Å². The number of carboxylic acid groups (broad SMARTS) is 1. The van der Waals surface area contributed by atoms with Crippen molar-refractivity contribution in [3.63, 3.8) is 0 Å². The minimum atomic E-state index is -1.13. The highest BCUT2D eigenvalue weighted by Crippen LogP contribution is 2.47. The molecule has 1 aliphatic carbocycles. The molecule has 0 spiro atoms. The van der Waals surface area contributed by atoms with Crippen LogP contribution in [0.3, 0.4) is 0 Å². The molecule has 8 rings (SSSR count). The summed E-state index contributed by atoms with van der Waals surface area (Å²) in [5.74, 6) is -0.00955. The number of nitrogens with one attached hydrogen (secondary N) is 2. The molecule has 2 atom stereocenters. The van der Waals surface area contributed by atoms with Crippen LogP contribution in [0.2, 0.25) is 0 Å². The smallest absolute Gasteiger partial charge is 0.405 e. The van der Waals surface area contributed by atoms with Crippen molar-refractivity contribution in [1.29, 1.82) is 0 Å². The molecule has 3 amide bonds. The Morgan fingerprint density at radius 2 is 1.70 bits per heavy atom. The van der Waals surface area contributed by atoms with Crippen LogP contribution in [0.5, 0.6) is 5.75 Å². The lowest BCUT2D eigenvalue weighted by molar-refractivity contribution is 0.0643. The van der Waals surface area contributed by atoms with E-state index in [2.05, 4.69) is 21.4 Å². The highest BCUT2D eigenvalue weighted by Gasteiger charge is 2.42. The number of allylic oxidation sites excluding steroid dienone is 1. The topological polar surface area (TPSA) is 117 Å². The summed E-state index contributed by atoms with van der Waals surface area (Å²) >= 11 is 0. The molecule has 46 heavy (non-hydrogen) atoms. The van der Waals surface area contributed by atoms with Crippen LogP contribution < -0.4 is 10.1 Å².